The van der Waals surface area contributed by atoms with Crippen LogP contribution in [-0.4, -0.2) is 11.9 Å². The number of carbonyl (C=O) groups excluding carboxylic acids is 1. The Balaban J connectivity index is -0.0000000272. The van der Waals surface area contributed by atoms with Crippen LogP contribution in [0.5, 0.6) is 0 Å². The molecule has 0 rings (SSSR count). The van der Waals surface area contributed by atoms with Gasteiger partial charge >= 0.3 is 51.4 Å². The van der Waals surface area contributed by atoms with Crippen LogP contribution in [0.2, 0.25) is 0 Å². The van der Waals surface area contributed by atoms with E-state index in [4.69, 9.17) is 4.79 Å². The Morgan fingerprint density at radius 2 is 1.10 bits per heavy atom. The molecule has 0 spiro atoms. The molecule has 0 atom stereocenters. The van der Waals surface area contributed by atoms with Crippen LogP contribution in [-0.2, 0) is 112 Å². The zero-order valence-corrected chi connectivity index (χ0v) is 23.5. The predicted octanol–water partition coefficient (Wildman–Crippen LogP) is -1.79. The van der Waals surface area contributed by atoms with Gasteiger partial charge in [0.2, 0.25) is 0 Å². The minimum atomic E-state index is -0.750. The van der Waals surface area contributed by atoms with Crippen molar-refractivity contribution in [2.24, 2.45) is 0 Å². The number of carbonyl (C=O) groups is 1. The molecule has 0 aromatic rings. The first-order chi connectivity index (χ1) is 8.74. The van der Waals surface area contributed by atoms with Gasteiger partial charge in [-0.1, -0.05) is 28.2 Å². The zero-order valence-electron chi connectivity index (χ0n) is 11.4. The molecule has 0 aliphatic carbocycles. The summed E-state index contributed by atoms with van der Waals surface area (Å²) in [5.74, 6) is 0. The maximum absolute atomic E-state index is 10.1. The zero-order chi connectivity index (χ0) is 16.2. The molecule has 14 heteroatoms. The van der Waals surface area contributed by atoms with Gasteiger partial charge in [0, 0.05) is 108 Å². The molecule has 21 heavy (non-hydrogen) atoms. The third kappa shape index (κ3) is 148. The van der Waals surface area contributed by atoms with Crippen molar-refractivity contribution in [3.8, 4) is 0 Å². The van der Waals surface area contributed by atoms with Crippen molar-refractivity contribution in [2.75, 3.05) is 0 Å². The van der Waals surface area contributed by atoms with E-state index in [2.05, 4.69) is 44.8 Å². The van der Waals surface area contributed by atoms with E-state index < -0.39 is 5.60 Å². The fourth-order valence-corrected chi connectivity index (χ4v) is 8.27. The molecule has 0 N–H and O–H groups in total. The minimum Gasteiger partial charge on any atom is -0.850 e. The first-order valence-electron chi connectivity index (χ1n) is 4.02. The molecule has 0 radical (unpaired) electrons. The third-order valence-electron chi connectivity index (χ3n) is 0.139. The van der Waals surface area contributed by atoms with Crippen LogP contribution in [0.4, 0.5) is 0 Å². The maximum atomic E-state index is 10.1. The normalized spacial score (nSPS) is 6.52. The second-order valence-corrected chi connectivity index (χ2v) is 15.2. The second kappa shape index (κ2) is 39.0. The van der Waals surface area contributed by atoms with Crippen molar-refractivity contribution in [3.63, 3.8) is 0 Å². The monoisotopic (exact) mass is 526 g/mol. The predicted molar refractivity (Wildman–Crippen MR) is 121 cm³/mol. The molecule has 2 nitrogen and oxygen atoms in total. The van der Waals surface area contributed by atoms with Crippen LogP contribution in [0, 0.1) is 0 Å². The quantitative estimate of drug-likeness (QED) is 0.274. The molecule has 0 aliphatic rings. The molecule has 0 bridgehead atoms. The number of hydrogen-bond donors (Lipinski definition) is 0. The summed E-state index contributed by atoms with van der Waals surface area (Å²) in [6.07, 6.45) is 0.750. The second-order valence-electron chi connectivity index (χ2n) is 2.82. The SMILES string of the molecule is C.CC(C)(C)[O-].CC=O.S=S=S=S.S=S=S=S=S=S=S.[HH].[K+]. The Morgan fingerprint density at radius 1 is 0.905 bits per heavy atom. The average Bonchev–Trinajstić information content (AvgIpc) is 2.29. The fraction of sp³-hybridized carbons (Fsp3) is 0.857. The van der Waals surface area contributed by atoms with Crippen LogP contribution >= 0.6 is 0 Å². The molecule has 0 saturated carbocycles. The largest absolute Gasteiger partial charge is 1.00 e. The molecule has 0 aromatic carbocycles. The van der Waals surface area contributed by atoms with Gasteiger partial charge in [-0.15, -0.1) is 5.60 Å². The van der Waals surface area contributed by atoms with Gasteiger partial charge in [-0.25, -0.2) is 0 Å². The Bertz CT molecular complexity index is 441. The van der Waals surface area contributed by atoms with Crippen LogP contribution < -0.4 is 56.5 Å². The van der Waals surface area contributed by atoms with Crippen molar-refractivity contribution in [1.82, 2.24) is 0 Å². The van der Waals surface area contributed by atoms with Gasteiger partial charge < -0.3 is 9.90 Å². The first kappa shape index (κ1) is 39.7. The molecule has 0 saturated heterocycles. The molecule has 0 heterocycles. The molecule has 0 amide bonds. The summed E-state index contributed by atoms with van der Waals surface area (Å²) < 4.78 is 0. The molecule has 0 unspecified atom stereocenters. The van der Waals surface area contributed by atoms with Crippen molar-refractivity contribution in [3.05, 3.63) is 0 Å². The van der Waals surface area contributed by atoms with E-state index in [1.54, 1.807) is 47.4 Å². The third-order valence-corrected chi connectivity index (χ3v) is 11.2. The summed E-state index contributed by atoms with van der Waals surface area (Å²) in [6.45, 7) is 6.34. The van der Waals surface area contributed by atoms with E-state index in [0.29, 0.717) is 0 Å². The van der Waals surface area contributed by atoms with E-state index in [0.717, 1.165) is 6.29 Å². The Labute approximate surface area is 212 Å². The standard InChI is InChI=1S/C4H9O.C2H4O.CH4.K.S7.S4.H2/c1-4(2,3)5;1-2-3;;;1-3-5-7-6-4-2;1-3-4-2;/h1-3H3;2H,1H3;1H4;;;;1H/q-1;;;+1;;;. The summed E-state index contributed by atoms with van der Waals surface area (Å²) in [7, 11) is 9.71. The molecule has 126 valence electrons. The smallest absolute Gasteiger partial charge is 0.850 e. The summed E-state index contributed by atoms with van der Waals surface area (Å²) in [5, 5.41) is 10.1. The summed E-state index contributed by atoms with van der Waals surface area (Å²) in [6, 6.07) is 0. The van der Waals surface area contributed by atoms with Crippen LogP contribution in [0.3, 0.4) is 0 Å². The van der Waals surface area contributed by atoms with Crippen LogP contribution in [0.25, 0.3) is 0 Å². The Kier molecular flexibility index (Phi) is 73.6. The van der Waals surface area contributed by atoms with E-state index in [1.165, 1.54) is 42.4 Å². The summed E-state index contributed by atoms with van der Waals surface area (Å²) in [5.41, 5.74) is -0.750. The van der Waals surface area contributed by atoms with Crippen molar-refractivity contribution in [2.45, 2.75) is 40.7 Å². The minimum absolute atomic E-state index is 0. The van der Waals surface area contributed by atoms with Gasteiger partial charge in [-0.3, -0.25) is 0 Å². The van der Waals surface area contributed by atoms with Crippen LogP contribution in [0.15, 0.2) is 0 Å². The van der Waals surface area contributed by atoms with Gasteiger partial charge in [0.05, 0.1) is 0 Å². The van der Waals surface area contributed by atoms with Crippen molar-refractivity contribution < 1.29 is 62.7 Å². The molecule has 0 aromatic heterocycles. The Hall–Kier alpha value is 3.69. The summed E-state index contributed by atoms with van der Waals surface area (Å²) in [4.78, 5) is 8.81. The van der Waals surface area contributed by atoms with Gasteiger partial charge in [0.1, 0.15) is 6.29 Å². The Morgan fingerprint density at radius 3 is 1.19 bits per heavy atom. The first-order valence-corrected chi connectivity index (χ1v) is 16.0. The number of hydrogen-bond acceptors (Lipinski definition) is 6. The van der Waals surface area contributed by atoms with Gasteiger partial charge in [-0.05, 0) is 6.92 Å². The maximum Gasteiger partial charge on any atom is 1.00 e. The van der Waals surface area contributed by atoms with E-state index >= 15 is 0 Å². The molecule has 0 fully saturated rings. The van der Waals surface area contributed by atoms with Crippen molar-refractivity contribution in [1.29, 1.82) is 0 Å². The average molecular weight is 527 g/mol. The molecule has 0 aliphatic heterocycles. The van der Waals surface area contributed by atoms with Gasteiger partial charge in [0.25, 0.3) is 0 Å². The van der Waals surface area contributed by atoms with Crippen LogP contribution in [0.1, 0.15) is 36.5 Å². The topological polar surface area (TPSA) is 40.1 Å². The fourth-order valence-electron chi connectivity index (χ4n) is 0.0340. The van der Waals surface area contributed by atoms with Gasteiger partial charge in [-0.2, -0.15) is 0 Å². The van der Waals surface area contributed by atoms with E-state index in [-0.39, 0.29) is 60.2 Å². The summed E-state index contributed by atoms with van der Waals surface area (Å²) >= 11 is 17.8. The molecular formula is C7H19KO2S11. The van der Waals surface area contributed by atoms with E-state index in [1.807, 2.05) is 0 Å². The number of aldehydes is 1. The van der Waals surface area contributed by atoms with E-state index in [9.17, 15) is 5.11 Å². The molecular weight excluding hydrogens is 508 g/mol. The van der Waals surface area contributed by atoms with Crippen molar-refractivity contribution >= 4 is 113 Å². The van der Waals surface area contributed by atoms with Gasteiger partial charge in [0.15, 0.2) is 0 Å². The number of rotatable bonds is 0.